The minimum Gasteiger partial charge on any atom is -0.338 e. The molecule has 3 aromatic heterocycles. The van der Waals surface area contributed by atoms with E-state index in [9.17, 15) is 4.79 Å². The molecule has 0 aliphatic carbocycles. The highest BCUT2D eigenvalue weighted by Gasteiger charge is 2.18. The molecule has 0 spiro atoms. The summed E-state index contributed by atoms with van der Waals surface area (Å²) >= 11 is 7.73. The molecule has 8 heteroatoms. The maximum atomic E-state index is 12.6. The van der Waals surface area contributed by atoms with E-state index in [0.717, 1.165) is 23.4 Å². The van der Waals surface area contributed by atoms with Crippen molar-refractivity contribution in [3.63, 3.8) is 0 Å². The summed E-state index contributed by atoms with van der Waals surface area (Å²) in [5.41, 5.74) is 2.62. The first-order chi connectivity index (χ1) is 13.1. The van der Waals surface area contributed by atoms with E-state index in [0.29, 0.717) is 28.9 Å². The number of carbonyl (C=O) groups excluding carboxylic acids is 1. The molecule has 0 fully saturated rings. The Kier molecular flexibility index (Phi) is 6.36. The minimum absolute atomic E-state index is 0.0732. The smallest absolute Gasteiger partial charge is 0.283 e. The van der Waals surface area contributed by atoms with Gasteiger partial charge in [-0.25, -0.2) is 9.97 Å². The third-order valence-electron chi connectivity index (χ3n) is 3.84. The molecule has 0 radical (unpaired) electrons. The molecule has 0 unspecified atom stereocenters. The molecule has 0 aliphatic rings. The van der Waals surface area contributed by atoms with Gasteiger partial charge in [-0.05, 0) is 37.1 Å². The number of pyridine rings is 2. The average Bonchev–Trinajstić information content (AvgIpc) is 3.19. The topological polar surface area (TPSA) is 71.0 Å². The van der Waals surface area contributed by atoms with Gasteiger partial charge in [-0.15, -0.1) is 11.3 Å². The molecule has 0 bridgehead atoms. The number of aromatic nitrogens is 3. The van der Waals surface area contributed by atoms with Crippen LogP contribution in [0.2, 0.25) is 5.02 Å². The van der Waals surface area contributed by atoms with E-state index < -0.39 is 0 Å². The second-order valence-electron chi connectivity index (χ2n) is 6.05. The number of nitrogens with one attached hydrogen (secondary N) is 1. The fourth-order valence-electron chi connectivity index (χ4n) is 2.54. The van der Waals surface area contributed by atoms with E-state index in [1.54, 1.807) is 28.9 Å². The van der Waals surface area contributed by atoms with E-state index in [2.05, 4.69) is 20.3 Å². The zero-order valence-corrected chi connectivity index (χ0v) is 16.7. The first-order valence-electron chi connectivity index (χ1n) is 8.59. The predicted octanol–water partition coefficient (Wildman–Crippen LogP) is 4.69. The van der Waals surface area contributed by atoms with Gasteiger partial charge in [0.2, 0.25) is 0 Å². The maximum absolute atomic E-state index is 12.6. The fourth-order valence-corrected chi connectivity index (χ4v) is 3.38. The molecule has 140 valence electrons. The van der Waals surface area contributed by atoms with Gasteiger partial charge >= 0.3 is 0 Å². The lowest BCUT2D eigenvalue weighted by molar-refractivity contribution is 0.0742. The number of anilines is 2. The average molecular weight is 402 g/mol. The van der Waals surface area contributed by atoms with Gasteiger partial charge in [0.1, 0.15) is 5.82 Å². The summed E-state index contributed by atoms with van der Waals surface area (Å²) in [7, 11) is 0. The van der Waals surface area contributed by atoms with Gasteiger partial charge in [0, 0.05) is 36.6 Å². The van der Waals surface area contributed by atoms with Crippen molar-refractivity contribution in [1.82, 2.24) is 19.9 Å². The molecule has 1 N–H and O–H groups in total. The van der Waals surface area contributed by atoms with Gasteiger partial charge in [-0.2, -0.15) is 0 Å². The summed E-state index contributed by atoms with van der Waals surface area (Å²) in [5, 5.41) is 5.94. The Morgan fingerprint density at radius 3 is 2.74 bits per heavy atom. The molecule has 0 saturated carbocycles. The van der Waals surface area contributed by atoms with E-state index in [4.69, 9.17) is 11.6 Å². The van der Waals surface area contributed by atoms with E-state index in [-0.39, 0.29) is 5.91 Å². The third-order valence-corrected chi connectivity index (χ3v) is 4.89. The Hall–Kier alpha value is -2.51. The lowest BCUT2D eigenvalue weighted by Crippen LogP contribution is -2.31. The normalized spacial score (nSPS) is 10.6. The van der Waals surface area contributed by atoms with Crippen LogP contribution in [-0.2, 0) is 6.54 Å². The first-order valence-corrected chi connectivity index (χ1v) is 9.85. The zero-order chi connectivity index (χ0) is 19.2. The third kappa shape index (κ3) is 5.02. The number of carbonyl (C=O) groups is 1. The van der Waals surface area contributed by atoms with Crippen LogP contribution in [0.5, 0.6) is 0 Å². The maximum Gasteiger partial charge on any atom is 0.283 e. The molecule has 1 amide bonds. The molecule has 3 rings (SSSR count). The summed E-state index contributed by atoms with van der Waals surface area (Å²) in [6, 6.07) is 5.66. The van der Waals surface area contributed by atoms with Crippen molar-refractivity contribution in [2.24, 2.45) is 0 Å². The number of hydrogen-bond donors (Lipinski definition) is 1. The SMILES string of the molecule is CCCN(Cc1cnc(Nc2ccc(C)nc2)c(Cl)c1)C(=O)c1nccs1. The van der Waals surface area contributed by atoms with Gasteiger partial charge in [-0.1, -0.05) is 18.5 Å². The van der Waals surface area contributed by atoms with Crippen molar-refractivity contribution >= 4 is 40.4 Å². The summed E-state index contributed by atoms with van der Waals surface area (Å²) in [4.78, 5) is 27.2. The lowest BCUT2D eigenvalue weighted by atomic mass is 10.2. The van der Waals surface area contributed by atoms with E-state index >= 15 is 0 Å². The van der Waals surface area contributed by atoms with Crippen LogP contribution in [0.4, 0.5) is 11.5 Å². The van der Waals surface area contributed by atoms with Gasteiger partial charge in [0.05, 0.1) is 16.9 Å². The van der Waals surface area contributed by atoms with Crippen molar-refractivity contribution in [3.8, 4) is 0 Å². The quantitative estimate of drug-likeness (QED) is 0.621. The lowest BCUT2D eigenvalue weighted by Gasteiger charge is -2.21. The van der Waals surface area contributed by atoms with Crippen molar-refractivity contribution in [3.05, 3.63) is 63.5 Å². The summed E-state index contributed by atoms with van der Waals surface area (Å²) in [6.45, 7) is 5.05. The predicted molar refractivity (Wildman–Crippen MR) is 109 cm³/mol. The van der Waals surface area contributed by atoms with Gasteiger partial charge in [0.25, 0.3) is 5.91 Å². The van der Waals surface area contributed by atoms with E-state index in [1.807, 2.05) is 32.0 Å². The Labute approximate surface area is 167 Å². The van der Waals surface area contributed by atoms with Crippen LogP contribution in [0.1, 0.15) is 34.4 Å². The molecule has 0 atom stereocenters. The summed E-state index contributed by atoms with van der Waals surface area (Å²) < 4.78 is 0. The van der Waals surface area contributed by atoms with Crippen LogP contribution >= 0.6 is 22.9 Å². The number of hydrogen-bond acceptors (Lipinski definition) is 6. The highest BCUT2D eigenvalue weighted by molar-refractivity contribution is 7.11. The second-order valence-corrected chi connectivity index (χ2v) is 7.35. The van der Waals surface area contributed by atoms with Crippen LogP contribution in [0.15, 0.2) is 42.2 Å². The van der Waals surface area contributed by atoms with Crippen LogP contribution in [0.3, 0.4) is 0 Å². The Morgan fingerprint density at radius 1 is 1.26 bits per heavy atom. The van der Waals surface area contributed by atoms with Gasteiger partial charge in [0.15, 0.2) is 5.01 Å². The number of thiazole rings is 1. The zero-order valence-electron chi connectivity index (χ0n) is 15.1. The minimum atomic E-state index is -0.0732. The van der Waals surface area contributed by atoms with Crippen LogP contribution < -0.4 is 5.32 Å². The van der Waals surface area contributed by atoms with Crippen LogP contribution in [0.25, 0.3) is 0 Å². The number of aryl methyl sites for hydroxylation is 1. The molecule has 0 saturated heterocycles. The molecule has 27 heavy (non-hydrogen) atoms. The molecule has 0 aliphatic heterocycles. The van der Waals surface area contributed by atoms with Crippen LogP contribution in [-0.4, -0.2) is 32.3 Å². The van der Waals surface area contributed by atoms with E-state index in [1.165, 1.54) is 11.3 Å². The monoisotopic (exact) mass is 401 g/mol. The van der Waals surface area contributed by atoms with Gasteiger partial charge < -0.3 is 10.2 Å². The molecule has 3 aromatic rings. The number of halogens is 1. The highest BCUT2D eigenvalue weighted by Crippen LogP contribution is 2.24. The Balaban J connectivity index is 1.73. The number of nitrogens with zero attached hydrogens (tertiary/aromatic N) is 4. The second kappa shape index (κ2) is 8.92. The summed E-state index contributed by atoms with van der Waals surface area (Å²) in [5.74, 6) is 0.482. The first kappa shape index (κ1) is 19.3. The number of amides is 1. The fraction of sp³-hybridized carbons (Fsp3) is 0.263. The highest BCUT2D eigenvalue weighted by atomic mass is 35.5. The number of rotatable bonds is 7. The molecular weight excluding hydrogens is 382 g/mol. The Morgan fingerprint density at radius 2 is 2.11 bits per heavy atom. The van der Waals surface area contributed by atoms with Crippen LogP contribution in [0, 0.1) is 6.92 Å². The Bertz CT molecular complexity index is 899. The molecule has 3 heterocycles. The standard InChI is InChI=1S/C19H20ClN5OS/c1-3-7-25(19(26)18-21-6-8-27-18)12-14-9-16(20)17(23-10-14)24-15-5-4-13(2)22-11-15/h4-6,8-11H,3,7,12H2,1-2H3,(H,23,24). The summed E-state index contributed by atoms with van der Waals surface area (Å²) in [6.07, 6.45) is 5.96. The largest absolute Gasteiger partial charge is 0.338 e. The van der Waals surface area contributed by atoms with Crippen molar-refractivity contribution in [2.75, 3.05) is 11.9 Å². The van der Waals surface area contributed by atoms with Gasteiger partial charge in [-0.3, -0.25) is 9.78 Å². The molecular formula is C19H20ClN5OS. The molecule has 6 nitrogen and oxygen atoms in total. The molecule has 0 aromatic carbocycles. The van der Waals surface area contributed by atoms with Crippen molar-refractivity contribution in [1.29, 1.82) is 0 Å². The van der Waals surface area contributed by atoms with Crippen molar-refractivity contribution < 1.29 is 4.79 Å². The van der Waals surface area contributed by atoms with Crippen molar-refractivity contribution in [2.45, 2.75) is 26.8 Å².